The minimum absolute atomic E-state index is 0. The summed E-state index contributed by atoms with van der Waals surface area (Å²) in [6, 6.07) is 0. The van der Waals surface area contributed by atoms with E-state index in [0.29, 0.717) is 0 Å². The summed E-state index contributed by atoms with van der Waals surface area (Å²) >= 11 is 0. The molecule has 0 aliphatic carbocycles. The van der Waals surface area contributed by atoms with Gasteiger partial charge < -0.3 is 15.4 Å². The van der Waals surface area contributed by atoms with Gasteiger partial charge in [-0.05, 0) is 12.5 Å². The molecule has 0 fully saturated rings. The number of aliphatic carboxylic acids is 1. The van der Waals surface area contributed by atoms with Crippen LogP contribution in [0.2, 0.25) is 0 Å². The van der Waals surface area contributed by atoms with Crippen LogP contribution in [-0.2, 0) is 4.79 Å². The third kappa shape index (κ3) is 9.66. The molecule has 42 valence electrons. The van der Waals surface area contributed by atoms with E-state index in [1.165, 1.54) is 6.92 Å². The molecule has 0 bridgehead atoms. The molecule has 1 N–H and O–H groups in total. The van der Waals surface area contributed by atoms with Crippen molar-refractivity contribution >= 4 is 43.7 Å². The van der Waals surface area contributed by atoms with E-state index < -0.39 is 5.97 Å². The summed E-state index contributed by atoms with van der Waals surface area (Å²) in [5, 5.41) is 9.49. The van der Waals surface area contributed by atoms with Crippen molar-refractivity contribution in [2.75, 3.05) is 0 Å². The first-order valence-electron chi connectivity index (χ1n) is 1.51. The monoisotopic (exact) mass is 142 g/mol. The molecular weight excluding hydrogens is 136 g/mol. The van der Waals surface area contributed by atoms with Crippen molar-refractivity contribution in [1.29, 1.82) is 0 Å². The fourth-order valence-corrected chi connectivity index (χ4v) is 0. The zero-order valence-corrected chi connectivity index (χ0v) is 6.89. The van der Waals surface area contributed by atoms with Gasteiger partial charge in [-0.3, -0.25) is 0 Å². The van der Waals surface area contributed by atoms with E-state index in [0.717, 1.165) is 0 Å². The third-order valence-electron chi connectivity index (χ3n) is 0.348. The molecule has 0 rings (SSSR count). The van der Waals surface area contributed by atoms with Crippen LogP contribution in [0.3, 0.4) is 0 Å². The van der Waals surface area contributed by atoms with Gasteiger partial charge in [-0.2, -0.15) is 0 Å². The van der Waals surface area contributed by atoms with E-state index in [9.17, 15) is 9.90 Å². The Labute approximate surface area is 77.7 Å². The van der Waals surface area contributed by atoms with Gasteiger partial charge in [0.05, 0.1) is 5.97 Å². The molecule has 0 spiro atoms. The summed E-state index contributed by atoms with van der Waals surface area (Å²) < 4.78 is 0. The van der Waals surface area contributed by atoms with E-state index in [4.69, 9.17) is 0 Å². The molecule has 0 saturated heterocycles. The number of hydrogen-bond donors (Lipinski definition) is 0. The maximum absolute atomic E-state index is 9.49. The van der Waals surface area contributed by atoms with Gasteiger partial charge in [0.1, 0.15) is 0 Å². The molecule has 0 aromatic carbocycles. The van der Waals surface area contributed by atoms with Gasteiger partial charge in [0.15, 0.2) is 0 Å². The van der Waals surface area contributed by atoms with Crippen LogP contribution >= 0.6 is 0 Å². The molecule has 0 aliphatic heterocycles. The molecule has 0 aromatic heterocycles. The van der Waals surface area contributed by atoms with E-state index in [2.05, 4.69) is 6.58 Å². The third-order valence-corrected chi connectivity index (χ3v) is 0.348. The fourth-order valence-electron chi connectivity index (χ4n) is 0. The average molecular weight is 142 g/mol. The fraction of sp³-hybridized carbons (Fsp3) is 0.250. The van der Waals surface area contributed by atoms with Crippen LogP contribution in [0.1, 0.15) is 6.92 Å². The van der Waals surface area contributed by atoms with Crippen molar-refractivity contribution in [2.24, 2.45) is 0 Å². The molecule has 0 unspecified atom stereocenters. The maximum Gasteiger partial charge on any atom is 2.00 e. The Bertz CT molecular complexity index is 77.3. The molecule has 3 nitrogen and oxygen atoms in total. The van der Waals surface area contributed by atoms with Gasteiger partial charge in [-0.1, -0.05) is 6.58 Å². The second kappa shape index (κ2) is 7.43. The SMILES string of the molecule is C=C(C)C(=O)[O-].[Ca+2].[OH-]. The smallest absolute Gasteiger partial charge is 0.870 e. The second-order valence-electron chi connectivity index (χ2n) is 1.07. The van der Waals surface area contributed by atoms with Crippen LogP contribution in [-0.4, -0.2) is 49.2 Å². The van der Waals surface area contributed by atoms with Crippen LogP contribution in [0.5, 0.6) is 0 Å². The van der Waals surface area contributed by atoms with Crippen LogP contribution < -0.4 is 5.11 Å². The van der Waals surface area contributed by atoms with Crippen molar-refractivity contribution in [3.8, 4) is 0 Å². The largest absolute Gasteiger partial charge is 2.00 e. The molecule has 0 heterocycles. The Morgan fingerprint density at radius 3 is 1.75 bits per heavy atom. The zero-order chi connectivity index (χ0) is 5.15. The van der Waals surface area contributed by atoms with Gasteiger partial charge in [-0.15, -0.1) is 0 Å². The topological polar surface area (TPSA) is 70.1 Å². The molecule has 0 aliphatic rings. The van der Waals surface area contributed by atoms with E-state index in [-0.39, 0.29) is 48.8 Å². The first kappa shape index (κ1) is 15.8. The Morgan fingerprint density at radius 1 is 1.62 bits per heavy atom. The summed E-state index contributed by atoms with van der Waals surface area (Å²) in [5.74, 6) is -1.19. The molecule has 0 saturated carbocycles. The number of carbonyl (C=O) groups excluding carboxylic acids is 1. The Kier molecular flexibility index (Phi) is 14.7. The number of carboxylic acids is 1. The summed E-state index contributed by atoms with van der Waals surface area (Å²) in [6.07, 6.45) is 0. The first-order chi connectivity index (χ1) is 2.64. The Balaban J connectivity index is -0.000000125. The molecule has 0 atom stereocenters. The predicted octanol–water partition coefficient (Wildman–Crippen LogP) is -1.25. The number of carbonyl (C=O) groups is 1. The van der Waals surface area contributed by atoms with Crippen LogP contribution in [0.25, 0.3) is 0 Å². The second-order valence-corrected chi connectivity index (χ2v) is 1.07. The van der Waals surface area contributed by atoms with Gasteiger partial charge in [-0.25, -0.2) is 0 Å². The van der Waals surface area contributed by atoms with Gasteiger partial charge in [0, 0.05) is 0 Å². The van der Waals surface area contributed by atoms with Gasteiger partial charge >= 0.3 is 37.7 Å². The molecular formula is C4H6CaO3. The Morgan fingerprint density at radius 2 is 1.75 bits per heavy atom. The van der Waals surface area contributed by atoms with Crippen molar-refractivity contribution < 1.29 is 15.4 Å². The summed E-state index contributed by atoms with van der Waals surface area (Å²) in [6.45, 7) is 4.48. The van der Waals surface area contributed by atoms with Crippen molar-refractivity contribution in [1.82, 2.24) is 0 Å². The predicted molar refractivity (Wildman–Crippen MR) is 27.5 cm³/mol. The van der Waals surface area contributed by atoms with E-state index in [1.54, 1.807) is 0 Å². The normalized spacial score (nSPS) is 5.62. The molecule has 0 radical (unpaired) electrons. The van der Waals surface area contributed by atoms with Crippen molar-refractivity contribution in [3.05, 3.63) is 12.2 Å². The van der Waals surface area contributed by atoms with Crippen LogP contribution in [0.15, 0.2) is 12.2 Å². The maximum atomic E-state index is 9.49. The minimum atomic E-state index is -1.19. The van der Waals surface area contributed by atoms with Crippen LogP contribution in [0, 0.1) is 0 Å². The average Bonchev–Trinajstić information content (AvgIpc) is 1.36. The van der Waals surface area contributed by atoms with E-state index >= 15 is 0 Å². The molecule has 4 heteroatoms. The minimum Gasteiger partial charge on any atom is -0.870 e. The van der Waals surface area contributed by atoms with Crippen LogP contribution in [0.4, 0.5) is 0 Å². The number of carboxylic acid groups (broad SMARTS) is 1. The number of hydrogen-bond acceptors (Lipinski definition) is 3. The summed E-state index contributed by atoms with van der Waals surface area (Å²) in [7, 11) is 0. The zero-order valence-electron chi connectivity index (χ0n) is 4.68. The number of rotatable bonds is 1. The molecule has 0 aromatic rings. The van der Waals surface area contributed by atoms with Gasteiger partial charge in [0.2, 0.25) is 0 Å². The summed E-state index contributed by atoms with van der Waals surface area (Å²) in [5.41, 5.74) is 0.0648. The van der Waals surface area contributed by atoms with E-state index in [1.807, 2.05) is 0 Å². The quantitative estimate of drug-likeness (QED) is 0.339. The van der Waals surface area contributed by atoms with Gasteiger partial charge in [0.25, 0.3) is 0 Å². The first-order valence-corrected chi connectivity index (χ1v) is 1.51. The van der Waals surface area contributed by atoms with Crippen molar-refractivity contribution in [3.63, 3.8) is 0 Å². The molecule has 8 heavy (non-hydrogen) atoms. The standard InChI is InChI=1S/C4H6O2.Ca.H2O/c1-3(2)4(5)6;;/h1H2,2H3,(H,5,6);;1H2/q;+2;/p-2. The Hall–Kier alpha value is 0.430. The van der Waals surface area contributed by atoms with Crippen molar-refractivity contribution in [2.45, 2.75) is 6.92 Å². The molecule has 0 amide bonds. The summed E-state index contributed by atoms with van der Waals surface area (Å²) in [4.78, 5) is 9.49.